The molecule has 0 N–H and O–H groups in total. The second kappa shape index (κ2) is 2.57. The lowest BCUT2D eigenvalue weighted by Gasteiger charge is -2.22. The maximum atomic E-state index is 5.63. The molecule has 2 rings (SSSR count). The summed E-state index contributed by atoms with van der Waals surface area (Å²) in [6.07, 6.45) is 1.86. The highest BCUT2D eigenvalue weighted by Crippen LogP contribution is 2.26. The van der Waals surface area contributed by atoms with Crippen LogP contribution in [0.3, 0.4) is 0 Å². The van der Waals surface area contributed by atoms with Crippen LogP contribution in [0.5, 0.6) is 5.75 Å². The average molecular weight is 146 g/mol. The quantitative estimate of drug-likeness (QED) is 0.544. The van der Waals surface area contributed by atoms with Gasteiger partial charge in [0.05, 0.1) is 0 Å². The standard InChI is InChI=1S/C10H10O/c1-8-6-7-9-4-2-3-5-10(9)11-8/h1-5,8H,6-7H2. The van der Waals surface area contributed by atoms with Crippen molar-refractivity contribution in [2.24, 2.45) is 0 Å². The monoisotopic (exact) mass is 146 g/mol. The first-order chi connectivity index (χ1) is 5.36. The van der Waals surface area contributed by atoms with Crippen LogP contribution in [-0.2, 0) is 6.42 Å². The molecule has 0 aliphatic carbocycles. The van der Waals surface area contributed by atoms with Crippen LogP contribution in [0, 0.1) is 6.92 Å². The summed E-state index contributed by atoms with van der Waals surface area (Å²) < 4.78 is 5.41. The van der Waals surface area contributed by atoms with Crippen molar-refractivity contribution in [1.82, 2.24) is 0 Å². The number of para-hydroxylation sites is 1. The van der Waals surface area contributed by atoms with Crippen LogP contribution in [-0.4, -0.2) is 6.10 Å². The van der Waals surface area contributed by atoms with Crippen molar-refractivity contribution in [2.75, 3.05) is 0 Å². The van der Waals surface area contributed by atoms with E-state index in [2.05, 4.69) is 6.07 Å². The minimum atomic E-state index is -0.107. The highest BCUT2D eigenvalue weighted by Gasteiger charge is 2.14. The van der Waals surface area contributed by atoms with Crippen LogP contribution in [0.15, 0.2) is 24.3 Å². The summed E-state index contributed by atoms with van der Waals surface area (Å²) >= 11 is 0. The van der Waals surface area contributed by atoms with Gasteiger partial charge >= 0.3 is 0 Å². The van der Waals surface area contributed by atoms with E-state index in [1.54, 1.807) is 0 Å². The van der Waals surface area contributed by atoms with Crippen molar-refractivity contribution in [3.8, 4) is 5.75 Å². The Kier molecular flexibility index (Phi) is 1.57. The Labute approximate surface area is 67.0 Å². The van der Waals surface area contributed by atoms with Crippen LogP contribution in [0.25, 0.3) is 0 Å². The molecule has 0 aromatic heterocycles. The molecular formula is C10H10O. The Morgan fingerprint density at radius 3 is 3.09 bits per heavy atom. The third kappa shape index (κ3) is 1.23. The SMILES string of the molecule is [CH]C1CCc2ccccc2O1. The molecule has 0 saturated heterocycles. The second-order valence-electron chi connectivity index (χ2n) is 2.80. The van der Waals surface area contributed by atoms with Crippen molar-refractivity contribution in [1.29, 1.82) is 0 Å². The third-order valence-corrected chi connectivity index (χ3v) is 1.95. The molecule has 1 aromatic carbocycles. The fraction of sp³-hybridized carbons (Fsp3) is 0.300. The van der Waals surface area contributed by atoms with Gasteiger partial charge in [0, 0.05) is 6.92 Å². The molecular weight excluding hydrogens is 136 g/mol. The Morgan fingerprint density at radius 1 is 1.36 bits per heavy atom. The minimum absolute atomic E-state index is 0.107. The van der Waals surface area contributed by atoms with Crippen LogP contribution in [0.4, 0.5) is 0 Å². The lowest BCUT2D eigenvalue weighted by molar-refractivity contribution is 0.216. The van der Waals surface area contributed by atoms with Crippen LogP contribution in [0.2, 0.25) is 0 Å². The highest BCUT2D eigenvalue weighted by molar-refractivity contribution is 5.35. The van der Waals surface area contributed by atoms with E-state index in [4.69, 9.17) is 11.7 Å². The molecule has 2 radical (unpaired) electrons. The van der Waals surface area contributed by atoms with Gasteiger partial charge in [0.2, 0.25) is 0 Å². The van der Waals surface area contributed by atoms with Gasteiger partial charge in [-0.25, -0.2) is 0 Å². The van der Waals surface area contributed by atoms with Crippen LogP contribution in [0.1, 0.15) is 12.0 Å². The molecule has 0 saturated carbocycles. The summed E-state index contributed by atoms with van der Waals surface area (Å²) in [6, 6.07) is 8.05. The summed E-state index contributed by atoms with van der Waals surface area (Å²) in [5, 5.41) is 0. The molecule has 0 fully saturated rings. The van der Waals surface area contributed by atoms with Crippen LogP contribution >= 0.6 is 0 Å². The van der Waals surface area contributed by atoms with E-state index in [1.165, 1.54) is 5.56 Å². The van der Waals surface area contributed by atoms with Crippen LogP contribution < -0.4 is 4.74 Å². The first kappa shape index (κ1) is 6.71. The maximum absolute atomic E-state index is 5.63. The molecule has 1 heterocycles. The zero-order valence-corrected chi connectivity index (χ0v) is 6.29. The molecule has 1 aliphatic heterocycles. The van der Waals surface area contributed by atoms with Crippen molar-refractivity contribution in [3.63, 3.8) is 0 Å². The molecule has 1 nitrogen and oxygen atoms in total. The molecule has 0 bridgehead atoms. The predicted molar refractivity (Wildman–Crippen MR) is 43.5 cm³/mol. The van der Waals surface area contributed by atoms with Gasteiger partial charge in [0.25, 0.3) is 0 Å². The van der Waals surface area contributed by atoms with E-state index in [0.29, 0.717) is 0 Å². The Hall–Kier alpha value is -0.980. The molecule has 1 unspecified atom stereocenters. The van der Waals surface area contributed by atoms with Gasteiger partial charge in [0.1, 0.15) is 11.9 Å². The second-order valence-corrected chi connectivity index (χ2v) is 2.80. The molecule has 0 spiro atoms. The topological polar surface area (TPSA) is 9.23 Å². The molecule has 1 atom stereocenters. The number of fused-ring (bicyclic) bond motifs is 1. The van der Waals surface area contributed by atoms with E-state index in [0.717, 1.165) is 18.6 Å². The lowest BCUT2D eigenvalue weighted by atomic mass is 10.0. The molecule has 56 valence electrons. The van der Waals surface area contributed by atoms with Crippen molar-refractivity contribution in [3.05, 3.63) is 36.8 Å². The van der Waals surface area contributed by atoms with E-state index in [-0.39, 0.29) is 6.10 Å². The normalized spacial score (nSPS) is 22.1. The van der Waals surface area contributed by atoms with Gasteiger partial charge in [-0.3, -0.25) is 0 Å². The molecule has 1 aliphatic rings. The number of aryl methyl sites for hydroxylation is 1. The molecule has 11 heavy (non-hydrogen) atoms. The van der Waals surface area contributed by atoms with Crippen molar-refractivity contribution < 1.29 is 4.74 Å². The zero-order valence-electron chi connectivity index (χ0n) is 6.29. The van der Waals surface area contributed by atoms with Gasteiger partial charge in [-0.05, 0) is 24.5 Å². The first-order valence-electron chi connectivity index (χ1n) is 3.86. The van der Waals surface area contributed by atoms with Crippen molar-refractivity contribution in [2.45, 2.75) is 18.9 Å². The predicted octanol–water partition coefficient (Wildman–Crippen LogP) is 2.09. The smallest absolute Gasteiger partial charge is 0.122 e. The third-order valence-electron chi connectivity index (χ3n) is 1.95. The largest absolute Gasteiger partial charge is 0.490 e. The zero-order chi connectivity index (χ0) is 7.68. The van der Waals surface area contributed by atoms with Gasteiger partial charge in [-0.2, -0.15) is 0 Å². The molecule has 0 amide bonds. The summed E-state index contributed by atoms with van der Waals surface area (Å²) in [5.74, 6) is 0.950. The summed E-state index contributed by atoms with van der Waals surface area (Å²) in [4.78, 5) is 0. The fourth-order valence-electron chi connectivity index (χ4n) is 1.35. The number of hydrogen-bond acceptors (Lipinski definition) is 1. The first-order valence-corrected chi connectivity index (χ1v) is 3.86. The molecule has 1 aromatic rings. The fourth-order valence-corrected chi connectivity index (χ4v) is 1.35. The molecule has 1 heteroatoms. The Bertz CT molecular complexity index is 255. The van der Waals surface area contributed by atoms with Gasteiger partial charge in [-0.1, -0.05) is 18.2 Å². The minimum Gasteiger partial charge on any atom is -0.490 e. The summed E-state index contributed by atoms with van der Waals surface area (Å²) in [6.45, 7) is 5.63. The average Bonchev–Trinajstić information content (AvgIpc) is 2.04. The number of rotatable bonds is 0. The lowest BCUT2D eigenvalue weighted by Crippen LogP contribution is -2.18. The summed E-state index contributed by atoms with van der Waals surface area (Å²) in [5.41, 5.74) is 1.27. The van der Waals surface area contributed by atoms with E-state index < -0.39 is 0 Å². The van der Waals surface area contributed by atoms with E-state index >= 15 is 0 Å². The Morgan fingerprint density at radius 2 is 2.18 bits per heavy atom. The van der Waals surface area contributed by atoms with E-state index in [1.807, 2.05) is 18.2 Å². The van der Waals surface area contributed by atoms with Gasteiger partial charge in [-0.15, -0.1) is 0 Å². The van der Waals surface area contributed by atoms with Crippen molar-refractivity contribution >= 4 is 0 Å². The van der Waals surface area contributed by atoms with Gasteiger partial charge in [0.15, 0.2) is 0 Å². The highest BCUT2D eigenvalue weighted by atomic mass is 16.5. The van der Waals surface area contributed by atoms with Gasteiger partial charge < -0.3 is 4.74 Å². The number of benzene rings is 1. The summed E-state index contributed by atoms with van der Waals surface area (Å²) in [7, 11) is 0. The number of hydrogen-bond donors (Lipinski definition) is 0. The Balaban J connectivity index is 2.34. The number of ether oxygens (including phenoxy) is 1. The maximum Gasteiger partial charge on any atom is 0.122 e. The van der Waals surface area contributed by atoms with E-state index in [9.17, 15) is 0 Å².